The van der Waals surface area contributed by atoms with Crippen LogP contribution in [0.5, 0.6) is 0 Å². The first-order valence-electron chi connectivity index (χ1n) is 5.01. The Kier molecular flexibility index (Phi) is 5.00. The molecule has 1 rings (SSSR count). The maximum atomic E-state index is 5.52. The van der Waals surface area contributed by atoms with Crippen molar-refractivity contribution < 1.29 is 0 Å². The van der Waals surface area contributed by atoms with Crippen molar-refractivity contribution in [1.82, 2.24) is 14.9 Å². The first-order valence-corrected chi connectivity index (χ1v) is 5.78. The van der Waals surface area contributed by atoms with Crippen LogP contribution in [0.15, 0.2) is 0 Å². The van der Waals surface area contributed by atoms with Gasteiger partial charge < -0.3 is 11.1 Å². The fourth-order valence-electron chi connectivity index (χ4n) is 1.14. The van der Waals surface area contributed by atoms with Gasteiger partial charge in [0.25, 0.3) is 0 Å². The summed E-state index contributed by atoms with van der Waals surface area (Å²) in [5, 5.41) is 7.45. The van der Waals surface area contributed by atoms with Crippen LogP contribution < -0.4 is 11.1 Å². The molecular weight excluding hydrogens is 196 g/mol. The monoisotopic (exact) mass is 214 g/mol. The highest BCUT2D eigenvalue weighted by molar-refractivity contribution is 7.05. The molecule has 1 aromatic heterocycles. The Bertz CT molecular complexity index is 261. The predicted octanol–water partition coefficient (Wildman–Crippen LogP) is 0.927. The van der Waals surface area contributed by atoms with Crippen LogP contribution in [-0.2, 0) is 13.0 Å². The summed E-state index contributed by atoms with van der Waals surface area (Å²) in [6.07, 6.45) is 2.13. The van der Waals surface area contributed by atoms with E-state index in [2.05, 4.69) is 28.8 Å². The summed E-state index contributed by atoms with van der Waals surface area (Å²) in [6.45, 7) is 5.73. The van der Waals surface area contributed by atoms with Crippen molar-refractivity contribution >= 4 is 11.5 Å². The molecule has 14 heavy (non-hydrogen) atoms. The number of aryl methyl sites for hydroxylation is 1. The zero-order chi connectivity index (χ0) is 10.4. The van der Waals surface area contributed by atoms with Gasteiger partial charge in [0.1, 0.15) is 0 Å². The number of nitrogens with one attached hydrogen (secondary N) is 1. The van der Waals surface area contributed by atoms with Gasteiger partial charge in [-0.3, -0.25) is 0 Å². The summed E-state index contributed by atoms with van der Waals surface area (Å²) in [5.74, 6) is 0. The molecule has 80 valence electrons. The lowest BCUT2D eigenvalue weighted by molar-refractivity contribution is 0.557. The average Bonchev–Trinajstić information content (AvgIpc) is 2.62. The van der Waals surface area contributed by atoms with Gasteiger partial charge in [-0.1, -0.05) is 17.8 Å². The highest BCUT2D eigenvalue weighted by Gasteiger charge is 2.07. The van der Waals surface area contributed by atoms with Crippen LogP contribution in [0.25, 0.3) is 0 Å². The van der Waals surface area contributed by atoms with Gasteiger partial charge in [0.2, 0.25) is 0 Å². The molecule has 0 spiro atoms. The van der Waals surface area contributed by atoms with Crippen molar-refractivity contribution in [2.24, 2.45) is 5.73 Å². The van der Waals surface area contributed by atoms with Crippen molar-refractivity contribution in [2.75, 3.05) is 6.54 Å². The smallest absolute Gasteiger partial charge is 0.0800 e. The van der Waals surface area contributed by atoms with Crippen LogP contribution in [0.3, 0.4) is 0 Å². The molecule has 1 atom stereocenters. The number of aromatic nitrogens is 2. The highest BCUT2D eigenvalue weighted by atomic mass is 32.1. The van der Waals surface area contributed by atoms with Crippen molar-refractivity contribution in [3.05, 3.63) is 10.6 Å². The molecule has 1 heterocycles. The fraction of sp³-hybridized carbons (Fsp3) is 0.778. The Labute approximate surface area is 89.1 Å². The van der Waals surface area contributed by atoms with Gasteiger partial charge in [-0.15, -0.1) is 5.10 Å². The summed E-state index contributed by atoms with van der Waals surface area (Å²) in [5.41, 5.74) is 6.65. The molecule has 0 unspecified atom stereocenters. The highest BCUT2D eigenvalue weighted by Crippen LogP contribution is 2.12. The molecule has 3 N–H and O–H groups in total. The van der Waals surface area contributed by atoms with Crippen LogP contribution in [-0.4, -0.2) is 22.2 Å². The Morgan fingerprint density at radius 2 is 2.36 bits per heavy atom. The molecule has 0 saturated carbocycles. The Morgan fingerprint density at radius 3 is 3.00 bits per heavy atom. The van der Waals surface area contributed by atoms with Crippen molar-refractivity contribution in [3.63, 3.8) is 0 Å². The second-order valence-corrected chi connectivity index (χ2v) is 4.25. The first kappa shape index (κ1) is 11.6. The van der Waals surface area contributed by atoms with Gasteiger partial charge in [0.15, 0.2) is 0 Å². The quantitative estimate of drug-likeness (QED) is 0.739. The van der Waals surface area contributed by atoms with Crippen LogP contribution in [0.1, 0.15) is 30.8 Å². The maximum Gasteiger partial charge on any atom is 0.0800 e. The number of rotatable bonds is 6. The van der Waals surface area contributed by atoms with Crippen LogP contribution in [0.4, 0.5) is 0 Å². The third-order valence-electron chi connectivity index (χ3n) is 2.09. The van der Waals surface area contributed by atoms with E-state index in [1.54, 1.807) is 0 Å². The molecule has 0 aliphatic heterocycles. The predicted molar refractivity (Wildman–Crippen MR) is 59.3 cm³/mol. The number of hydrogen-bond acceptors (Lipinski definition) is 5. The zero-order valence-electron chi connectivity index (χ0n) is 8.79. The van der Waals surface area contributed by atoms with Crippen molar-refractivity contribution in [2.45, 2.75) is 39.3 Å². The minimum absolute atomic E-state index is 0.353. The normalized spacial score (nSPS) is 13.1. The second kappa shape index (κ2) is 6.06. The Hall–Kier alpha value is -0.520. The lowest BCUT2D eigenvalue weighted by Gasteiger charge is -2.09. The number of nitrogens with zero attached hydrogens (tertiary/aromatic N) is 2. The molecule has 0 aromatic carbocycles. The standard InChI is InChI=1S/C9H18N4S/c1-3-4-8-9(14-13-12-8)6-11-7(2)5-10/h7,11H,3-6,10H2,1-2H3/t7-/m0/s1. The van der Waals surface area contributed by atoms with E-state index in [4.69, 9.17) is 5.73 Å². The van der Waals surface area contributed by atoms with Gasteiger partial charge in [-0.05, 0) is 24.9 Å². The molecule has 0 aliphatic carbocycles. The molecular formula is C9H18N4S. The maximum absolute atomic E-state index is 5.52. The Balaban J connectivity index is 2.45. The van der Waals surface area contributed by atoms with Gasteiger partial charge in [-0.25, -0.2) is 0 Å². The average molecular weight is 214 g/mol. The molecule has 0 radical (unpaired) electrons. The lowest BCUT2D eigenvalue weighted by Crippen LogP contribution is -2.32. The molecule has 0 amide bonds. The SMILES string of the molecule is CCCc1nnsc1CN[C@@H](C)CN. The summed E-state index contributed by atoms with van der Waals surface area (Å²) in [4.78, 5) is 1.24. The van der Waals surface area contributed by atoms with Gasteiger partial charge in [0, 0.05) is 19.1 Å². The summed E-state index contributed by atoms with van der Waals surface area (Å²) < 4.78 is 3.96. The van der Waals surface area contributed by atoms with E-state index < -0.39 is 0 Å². The molecule has 4 nitrogen and oxygen atoms in total. The lowest BCUT2D eigenvalue weighted by atomic mass is 10.2. The van der Waals surface area contributed by atoms with E-state index >= 15 is 0 Å². The van der Waals surface area contributed by atoms with Crippen LogP contribution in [0.2, 0.25) is 0 Å². The topological polar surface area (TPSA) is 63.8 Å². The van der Waals surface area contributed by atoms with Gasteiger partial charge >= 0.3 is 0 Å². The minimum Gasteiger partial charge on any atom is -0.329 e. The summed E-state index contributed by atoms with van der Waals surface area (Å²) in [7, 11) is 0. The second-order valence-electron chi connectivity index (χ2n) is 3.41. The summed E-state index contributed by atoms with van der Waals surface area (Å²) >= 11 is 1.48. The molecule has 5 heteroatoms. The molecule has 1 aromatic rings. The summed E-state index contributed by atoms with van der Waals surface area (Å²) in [6, 6.07) is 0.353. The van der Waals surface area contributed by atoms with E-state index in [0.717, 1.165) is 25.1 Å². The van der Waals surface area contributed by atoms with E-state index in [1.165, 1.54) is 16.4 Å². The van der Waals surface area contributed by atoms with E-state index in [1.807, 2.05) is 0 Å². The van der Waals surface area contributed by atoms with Crippen molar-refractivity contribution in [3.8, 4) is 0 Å². The number of nitrogens with two attached hydrogens (primary N) is 1. The zero-order valence-corrected chi connectivity index (χ0v) is 9.60. The fourth-order valence-corrected chi connectivity index (χ4v) is 1.77. The van der Waals surface area contributed by atoms with E-state index in [0.29, 0.717) is 12.6 Å². The van der Waals surface area contributed by atoms with Gasteiger partial charge in [-0.2, -0.15) is 0 Å². The number of hydrogen-bond donors (Lipinski definition) is 2. The molecule has 0 aliphatic rings. The third kappa shape index (κ3) is 3.32. The van der Waals surface area contributed by atoms with Crippen LogP contribution >= 0.6 is 11.5 Å². The van der Waals surface area contributed by atoms with Gasteiger partial charge in [0.05, 0.1) is 10.6 Å². The third-order valence-corrected chi connectivity index (χ3v) is 2.85. The first-order chi connectivity index (χ1) is 6.77. The molecule has 0 saturated heterocycles. The molecule has 0 fully saturated rings. The molecule has 0 bridgehead atoms. The van der Waals surface area contributed by atoms with Crippen LogP contribution in [0, 0.1) is 0 Å². The van der Waals surface area contributed by atoms with Crippen molar-refractivity contribution in [1.29, 1.82) is 0 Å². The van der Waals surface area contributed by atoms with E-state index in [-0.39, 0.29) is 0 Å². The van der Waals surface area contributed by atoms with E-state index in [9.17, 15) is 0 Å². The Morgan fingerprint density at radius 1 is 1.57 bits per heavy atom. The largest absolute Gasteiger partial charge is 0.329 e. The minimum atomic E-state index is 0.353.